The minimum atomic E-state index is 0.243. The van der Waals surface area contributed by atoms with Crippen molar-refractivity contribution in [2.45, 2.75) is 31.7 Å². The van der Waals surface area contributed by atoms with Crippen LogP contribution in [0.1, 0.15) is 25.7 Å². The van der Waals surface area contributed by atoms with Crippen LogP contribution in [0.3, 0.4) is 0 Å². The van der Waals surface area contributed by atoms with Gasteiger partial charge in [0.25, 0.3) is 0 Å². The second kappa shape index (κ2) is 8.63. The van der Waals surface area contributed by atoms with Crippen LogP contribution in [0.25, 0.3) is 0 Å². The second-order valence-electron chi connectivity index (χ2n) is 5.57. The smallest absolute Gasteiger partial charge is 0.222 e. The third kappa shape index (κ3) is 4.91. The first-order chi connectivity index (χ1) is 10.7. The number of rotatable bonds is 7. The minimum absolute atomic E-state index is 0.243. The van der Waals surface area contributed by atoms with E-state index in [4.69, 9.17) is 9.47 Å². The van der Waals surface area contributed by atoms with E-state index >= 15 is 0 Å². The highest BCUT2D eigenvalue weighted by Gasteiger charge is 2.21. The van der Waals surface area contributed by atoms with Crippen LogP contribution in [0, 0.1) is 0 Å². The second-order valence-corrected chi connectivity index (χ2v) is 5.57. The lowest BCUT2D eigenvalue weighted by molar-refractivity contribution is -0.132. The Balaban J connectivity index is 1.62. The maximum Gasteiger partial charge on any atom is 0.222 e. The maximum atomic E-state index is 12.1. The van der Waals surface area contributed by atoms with Crippen LogP contribution in [-0.4, -0.2) is 50.7 Å². The number of carbonyl (C=O) groups excluding carboxylic acids is 1. The normalized spacial score (nSPS) is 15.6. The number of hydrogen-bond acceptors (Lipinski definition) is 4. The van der Waals surface area contributed by atoms with E-state index in [2.05, 4.69) is 5.32 Å². The Labute approximate surface area is 132 Å². The van der Waals surface area contributed by atoms with Gasteiger partial charge in [-0.15, -0.1) is 0 Å². The number of nitrogens with one attached hydrogen (secondary N) is 1. The molecule has 0 aliphatic carbocycles. The van der Waals surface area contributed by atoms with Gasteiger partial charge in [-0.05, 0) is 50.6 Å². The number of piperidine rings is 1. The lowest BCUT2D eigenvalue weighted by Crippen LogP contribution is -2.43. The van der Waals surface area contributed by atoms with Crippen LogP contribution in [-0.2, 0) is 4.79 Å². The minimum Gasteiger partial charge on any atom is -0.497 e. The molecule has 1 aromatic carbocycles. The lowest BCUT2D eigenvalue weighted by atomic mass is 10.0. The van der Waals surface area contributed by atoms with Crippen LogP contribution in [0.5, 0.6) is 11.5 Å². The number of nitrogens with zero attached hydrogens (tertiary/aromatic N) is 1. The predicted molar refractivity (Wildman–Crippen MR) is 86.4 cm³/mol. The monoisotopic (exact) mass is 306 g/mol. The van der Waals surface area contributed by atoms with E-state index in [9.17, 15) is 4.79 Å². The molecule has 0 aromatic heterocycles. The zero-order valence-electron chi connectivity index (χ0n) is 13.5. The van der Waals surface area contributed by atoms with Crippen molar-refractivity contribution in [3.05, 3.63) is 24.3 Å². The SMILES string of the molecule is CNC1CCN(C(=O)CCCOc2ccc(OC)cc2)CC1. The molecule has 1 N–H and O–H groups in total. The summed E-state index contributed by atoms with van der Waals surface area (Å²) in [7, 11) is 3.62. The molecule has 0 atom stereocenters. The van der Waals surface area contributed by atoms with Crippen molar-refractivity contribution >= 4 is 5.91 Å². The summed E-state index contributed by atoms with van der Waals surface area (Å²) in [6, 6.07) is 8.05. The third-order valence-electron chi connectivity index (χ3n) is 4.12. The van der Waals surface area contributed by atoms with E-state index in [-0.39, 0.29) is 5.91 Å². The van der Waals surface area contributed by atoms with Gasteiger partial charge in [-0.25, -0.2) is 0 Å². The molecule has 0 saturated carbocycles. The molecule has 1 aliphatic rings. The van der Waals surface area contributed by atoms with E-state index in [1.54, 1.807) is 7.11 Å². The standard InChI is InChI=1S/C17H26N2O3/c1-18-14-9-11-19(12-10-14)17(20)4-3-13-22-16-7-5-15(21-2)6-8-16/h5-8,14,18H,3-4,9-13H2,1-2H3. The summed E-state index contributed by atoms with van der Waals surface area (Å²) < 4.78 is 10.7. The Hall–Kier alpha value is -1.75. The van der Waals surface area contributed by atoms with E-state index in [0.29, 0.717) is 19.1 Å². The number of likely N-dealkylation sites (tertiary alicyclic amines) is 1. The van der Waals surface area contributed by atoms with Crippen molar-refractivity contribution in [2.75, 3.05) is 33.9 Å². The summed E-state index contributed by atoms with van der Waals surface area (Å²) in [6.07, 6.45) is 3.40. The maximum absolute atomic E-state index is 12.1. The van der Waals surface area contributed by atoms with E-state index < -0.39 is 0 Å². The molecule has 2 rings (SSSR count). The Morgan fingerprint density at radius 3 is 2.45 bits per heavy atom. The quantitative estimate of drug-likeness (QED) is 0.784. The van der Waals surface area contributed by atoms with Crippen LogP contribution in [0.2, 0.25) is 0 Å². The number of carbonyl (C=O) groups is 1. The van der Waals surface area contributed by atoms with Crippen LogP contribution >= 0.6 is 0 Å². The molecular formula is C17H26N2O3. The summed E-state index contributed by atoms with van der Waals surface area (Å²) in [5, 5.41) is 3.28. The van der Waals surface area contributed by atoms with Crippen LogP contribution < -0.4 is 14.8 Å². The van der Waals surface area contributed by atoms with Gasteiger partial charge in [-0.1, -0.05) is 0 Å². The summed E-state index contributed by atoms with van der Waals surface area (Å²) >= 11 is 0. The first-order valence-corrected chi connectivity index (χ1v) is 7.95. The predicted octanol–water partition coefficient (Wildman–Crippen LogP) is 2.06. The average molecular weight is 306 g/mol. The zero-order chi connectivity index (χ0) is 15.8. The van der Waals surface area contributed by atoms with Gasteiger partial charge in [0.05, 0.1) is 13.7 Å². The number of benzene rings is 1. The van der Waals surface area contributed by atoms with E-state index in [1.807, 2.05) is 36.2 Å². The fourth-order valence-corrected chi connectivity index (χ4v) is 2.66. The summed E-state index contributed by atoms with van der Waals surface area (Å²) in [6.45, 7) is 2.29. The molecule has 1 saturated heterocycles. The topological polar surface area (TPSA) is 50.8 Å². The zero-order valence-corrected chi connectivity index (χ0v) is 13.5. The van der Waals surface area contributed by atoms with Gasteiger partial charge in [-0.2, -0.15) is 0 Å². The molecular weight excluding hydrogens is 280 g/mol. The molecule has 1 aliphatic heterocycles. The highest BCUT2D eigenvalue weighted by Crippen LogP contribution is 2.17. The Bertz CT molecular complexity index is 453. The fourth-order valence-electron chi connectivity index (χ4n) is 2.66. The summed E-state index contributed by atoms with van der Waals surface area (Å²) in [4.78, 5) is 14.1. The molecule has 1 fully saturated rings. The highest BCUT2D eigenvalue weighted by atomic mass is 16.5. The lowest BCUT2D eigenvalue weighted by Gasteiger charge is -2.31. The molecule has 1 aromatic rings. The van der Waals surface area contributed by atoms with Crippen molar-refractivity contribution in [3.8, 4) is 11.5 Å². The highest BCUT2D eigenvalue weighted by molar-refractivity contribution is 5.76. The molecule has 0 unspecified atom stereocenters. The van der Waals surface area contributed by atoms with Gasteiger partial charge in [0.2, 0.25) is 5.91 Å². The van der Waals surface area contributed by atoms with Gasteiger partial charge in [-0.3, -0.25) is 4.79 Å². The molecule has 0 spiro atoms. The van der Waals surface area contributed by atoms with Crippen molar-refractivity contribution in [1.29, 1.82) is 0 Å². The number of methoxy groups -OCH3 is 1. The molecule has 1 amide bonds. The Kier molecular flexibility index (Phi) is 6.52. The summed E-state index contributed by atoms with van der Waals surface area (Å²) in [5.74, 6) is 1.86. The van der Waals surface area contributed by atoms with Crippen molar-refractivity contribution in [3.63, 3.8) is 0 Å². The fraction of sp³-hybridized carbons (Fsp3) is 0.588. The van der Waals surface area contributed by atoms with Gasteiger partial charge >= 0.3 is 0 Å². The van der Waals surface area contributed by atoms with Crippen molar-refractivity contribution in [1.82, 2.24) is 10.2 Å². The largest absolute Gasteiger partial charge is 0.497 e. The number of ether oxygens (including phenoxy) is 2. The molecule has 1 heterocycles. The van der Waals surface area contributed by atoms with Gasteiger partial charge in [0.1, 0.15) is 11.5 Å². The first-order valence-electron chi connectivity index (χ1n) is 7.95. The van der Waals surface area contributed by atoms with E-state index in [1.165, 1.54) is 0 Å². The number of amides is 1. The van der Waals surface area contributed by atoms with E-state index in [0.717, 1.165) is 43.9 Å². The van der Waals surface area contributed by atoms with Gasteiger partial charge in [0.15, 0.2) is 0 Å². The molecule has 122 valence electrons. The molecule has 0 bridgehead atoms. The average Bonchev–Trinajstić information content (AvgIpc) is 2.59. The van der Waals surface area contributed by atoms with Gasteiger partial charge < -0.3 is 19.7 Å². The Morgan fingerprint density at radius 2 is 1.86 bits per heavy atom. The summed E-state index contributed by atoms with van der Waals surface area (Å²) in [5.41, 5.74) is 0. The third-order valence-corrected chi connectivity index (χ3v) is 4.12. The van der Waals surface area contributed by atoms with Crippen molar-refractivity contribution < 1.29 is 14.3 Å². The van der Waals surface area contributed by atoms with Gasteiger partial charge in [0, 0.05) is 25.6 Å². The van der Waals surface area contributed by atoms with Crippen LogP contribution in [0.4, 0.5) is 0 Å². The van der Waals surface area contributed by atoms with Crippen molar-refractivity contribution in [2.24, 2.45) is 0 Å². The molecule has 5 nitrogen and oxygen atoms in total. The first kappa shape index (κ1) is 16.6. The molecule has 5 heteroatoms. The van der Waals surface area contributed by atoms with Crippen LogP contribution in [0.15, 0.2) is 24.3 Å². The Morgan fingerprint density at radius 1 is 1.23 bits per heavy atom. The molecule has 0 radical (unpaired) electrons. The number of hydrogen-bond donors (Lipinski definition) is 1. The molecule has 22 heavy (non-hydrogen) atoms.